The molecule has 1 atom stereocenters. The van der Waals surface area contributed by atoms with Crippen molar-refractivity contribution in [3.8, 4) is 0 Å². The highest BCUT2D eigenvalue weighted by molar-refractivity contribution is 7.87. The Bertz CT molecular complexity index is 719. The zero-order chi connectivity index (χ0) is 30.1. The molecule has 0 aromatic rings. The Morgan fingerprint density at radius 1 is 0.524 bits per heavy atom. The van der Waals surface area contributed by atoms with E-state index < -0.39 is 32.7 Å². The van der Waals surface area contributed by atoms with E-state index in [2.05, 4.69) is 13.8 Å². The first kappa shape index (κ1) is 45.2. The Labute approximate surface area is 258 Å². The minimum atomic E-state index is -5.08. The normalized spacial score (nSPS) is 12.4. The van der Waals surface area contributed by atoms with E-state index in [1.165, 1.54) is 89.9 Å². The summed E-state index contributed by atoms with van der Waals surface area (Å²) in [4.78, 5) is 24.4. The maximum Gasteiger partial charge on any atom is 0.325 e. The summed E-state index contributed by atoms with van der Waals surface area (Å²) in [6.07, 6.45) is 26.0. The molecule has 0 aliphatic carbocycles. The Morgan fingerprint density at radius 3 is 0.952 bits per heavy atom. The average molecular weight is 625 g/mol. The van der Waals surface area contributed by atoms with Crippen LogP contribution in [0.5, 0.6) is 0 Å². The Morgan fingerprint density at radius 2 is 0.762 bits per heavy atom. The molecule has 0 bridgehead atoms. The Balaban J connectivity index is -0.00000760. The van der Waals surface area contributed by atoms with E-state index >= 15 is 0 Å². The van der Waals surface area contributed by atoms with Crippen LogP contribution in [-0.4, -0.2) is 40.4 Å². The molecule has 0 spiro atoms. The summed E-state index contributed by atoms with van der Waals surface area (Å²) in [7, 11) is -5.08. The van der Waals surface area contributed by atoms with Gasteiger partial charge in [-0.05, 0) is 12.8 Å². The van der Waals surface area contributed by atoms with Gasteiger partial charge in [0.1, 0.15) is 0 Å². The number of hydrogen-bond acceptors (Lipinski definition) is 6. The number of rotatable bonds is 30. The van der Waals surface area contributed by atoms with Crippen LogP contribution in [0.2, 0.25) is 0 Å². The van der Waals surface area contributed by atoms with E-state index in [0.29, 0.717) is 12.8 Å². The molecular formula is C32H68N2O7S. The number of unbranched alkanes of at least 4 members (excludes halogenated alkanes) is 22. The lowest BCUT2D eigenvalue weighted by Crippen LogP contribution is -2.51. The summed E-state index contributed by atoms with van der Waals surface area (Å²) < 4.78 is 33.9. The molecule has 0 rings (SSSR count). The summed E-state index contributed by atoms with van der Waals surface area (Å²) in [5, 5.41) is 17.4. The Kier molecular flexibility index (Phi) is 30.7. The van der Waals surface area contributed by atoms with Crippen LogP contribution >= 0.6 is 0 Å². The molecule has 0 saturated heterocycles. The van der Waals surface area contributed by atoms with E-state index in [0.717, 1.165) is 51.4 Å². The predicted octanol–water partition coefficient (Wildman–Crippen LogP) is 9.90. The lowest BCUT2D eigenvalue weighted by Gasteiger charge is -2.33. The first-order valence-corrected chi connectivity index (χ1v) is 18.1. The molecule has 0 saturated carbocycles. The van der Waals surface area contributed by atoms with Gasteiger partial charge in [0, 0.05) is 0 Å². The van der Waals surface area contributed by atoms with Gasteiger partial charge in [0.05, 0.1) is 5.41 Å². The van der Waals surface area contributed by atoms with Crippen molar-refractivity contribution in [2.75, 3.05) is 0 Å². The predicted molar refractivity (Wildman–Crippen MR) is 174 cm³/mol. The van der Waals surface area contributed by atoms with Crippen molar-refractivity contribution in [3.05, 3.63) is 0 Å². The zero-order valence-electron chi connectivity index (χ0n) is 27.3. The maximum absolute atomic E-state index is 12.4. The summed E-state index contributed by atoms with van der Waals surface area (Å²) in [5.74, 6) is -3.23. The number of aliphatic carboxylic acids is 2. The fraction of sp³-hybridized carbons (Fsp3) is 0.938. The Hall–Kier alpha value is -1.23. The second-order valence-corrected chi connectivity index (χ2v) is 13.5. The van der Waals surface area contributed by atoms with Gasteiger partial charge in [-0.25, -0.2) is 0 Å². The third-order valence-electron chi connectivity index (χ3n) is 8.40. The van der Waals surface area contributed by atoms with Gasteiger partial charge in [0.2, 0.25) is 0 Å². The molecule has 0 aromatic carbocycles. The van der Waals surface area contributed by atoms with Gasteiger partial charge in [-0.3, -0.25) is 14.1 Å². The molecule has 0 amide bonds. The molecule has 9 N–H and O–H groups in total. The van der Waals surface area contributed by atoms with E-state index in [9.17, 15) is 32.8 Å². The largest absolute Gasteiger partial charge is 0.481 e. The number of carboxylic acid groups (broad SMARTS) is 2. The standard InChI is InChI=1S/C32H62O7S.2H3N/c1-3-5-7-9-11-13-15-17-19-21-23-25-27-32(31(35)36,29(30(33)34)40(37,38)39)28-26-24-22-20-18-16-14-12-10-8-6-4-2;;/h29H,3-28H2,1-2H3,(H,33,34)(H,35,36)(H,37,38,39);2*1H3. The summed E-state index contributed by atoms with van der Waals surface area (Å²) >= 11 is 0. The fourth-order valence-corrected chi connectivity index (χ4v) is 7.09. The molecule has 0 heterocycles. The molecule has 10 heteroatoms. The quantitative estimate of drug-likeness (QED) is 0.0381. The van der Waals surface area contributed by atoms with E-state index in [-0.39, 0.29) is 25.1 Å². The second-order valence-electron chi connectivity index (χ2n) is 12.0. The topological polar surface area (TPSA) is 199 Å². The van der Waals surface area contributed by atoms with Crippen LogP contribution in [0.15, 0.2) is 0 Å². The molecule has 0 aliphatic rings. The van der Waals surface area contributed by atoms with Crippen LogP contribution in [0.3, 0.4) is 0 Å². The van der Waals surface area contributed by atoms with Crippen molar-refractivity contribution in [1.82, 2.24) is 12.3 Å². The van der Waals surface area contributed by atoms with Gasteiger partial charge in [-0.15, -0.1) is 0 Å². The van der Waals surface area contributed by atoms with E-state index in [1.807, 2.05) is 0 Å². The number of hydrogen-bond donors (Lipinski definition) is 5. The van der Waals surface area contributed by atoms with Crippen LogP contribution in [-0.2, 0) is 19.7 Å². The van der Waals surface area contributed by atoms with Gasteiger partial charge in [-0.1, -0.05) is 168 Å². The fourth-order valence-electron chi connectivity index (χ4n) is 5.92. The third kappa shape index (κ3) is 21.5. The molecule has 0 aromatic heterocycles. The molecule has 9 nitrogen and oxygen atoms in total. The van der Waals surface area contributed by atoms with Crippen molar-refractivity contribution in [1.29, 1.82) is 0 Å². The molecule has 0 radical (unpaired) electrons. The summed E-state index contributed by atoms with van der Waals surface area (Å²) in [6, 6.07) is 0. The smallest absolute Gasteiger partial charge is 0.325 e. The van der Waals surface area contributed by atoms with Crippen LogP contribution < -0.4 is 12.3 Å². The van der Waals surface area contributed by atoms with Crippen LogP contribution in [0.1, 0.15) is 181 Å². The van der Waals surface area contributed by atoms with Crippen molar-refractivity contribution < 1.29 is 32.8 Å². The lowest BCUT2D eigenvalue weighted by atomic mass is 9.74. The van der Waals surface area contributed by atoms with Crippen LogP contribution in [0.25, 0.3) is 0 Å². The van der Waals surface area contributed by atoms with Crippen LogP contribution in [0.4, 0.5) is 0 Å². The van der Waals surface area contributed by atoms with E-state index in [1.54, 1.807) is 0 Å². The van der Waals surface area contributed by atoms with Gasteiger partial charge < -0.3 is 22.5 Å². The van der Waals surface area contributed by atoms with Gasteiger partial charge in [-0.2, -0.15) is 8.42 Å². The molecule has 1 unspecified atom stereocenters. The average Bonchev–Trinajstić information content (AvgIpc) is 2.88. The van der Waals surface area contributed by atoms with Crippen molar-refractivity contribution in [2.24, 2.45) is 5.41 Å². The maximum atomic E-state index is 12.4. The van der Waals surface area contributed by atoms with Crippen molar-refractivity contribution in [2.45, 2.75) is 186 Å². The molecule has 0 aliphatic heterocycles. The van der Waals surface area contributed by atoms with Gasteiger partial charge in [0.15, 0.2) is 5.25 Å². The van der Waals surface area contributed by atoms with Crippen molar-refractivity contribution in [3.63, 3.8) is 0 Å². The number of carboxylic acids is 2. The minimum Gasteiger partial charge on any atom is -0.481 e. The summed E-state index contributed by atoms with van der Waals surface area (Å²) in [6.45, 7) is 4.43. The molecular weight excluding hydrogens is 556 g/mol. The monoisotopic (exact) mass is 624 g/mol. The number of carbonyl (C=O) groups is 2. The molecule has 254 valence electrons. The lowest BCUT2D eigenvalue weighted by molar-refractivity contribution is -0.156. The van der Waals surface area contributed by atoms with Crippen LogP contribution in [0, 0.1) is 5.41 Å². The molecule has 0 fully saturated rings. The van der Waals surface area contributed by atoms with Gasteiger partial charge >= 0.3 is 11.9 Å². The second kappa shape index (κ2) is 28.5. The van der Waals surface area contributed by atoms with E-state index in [4.69, 9.17) is 0 Å². The highest BCUT2D eigenvalue weighted by Crippen LogP contribution is 2.39. The highest BCUT2D eigenvalue weighted by atomic mass is 32.2. The minimum absolute atomic E-state index is 0. The third-order valence-corrected chi connectivity index (χ3v) is 9.65. The first-order valence-electron chi connectivity index (χ1n) is 16.6. The van der Waals surface area contributed by atoms with Gasteiger partial charge in [0.25, 0.3) is 10.1 Å². The summed E-state index contributed by atoms with van der Waals surface area (Å²) in [5.41, 5.74) is -2.02. The van der Waals surface area contributed by atoms with Crippen molar-refractivity contribution >= 4 is 22.1 Å². The highest BCUT2D eigenvalue weighted by Gasteiger charge is 2.55. The molecule has 42 heavy (non-hydrogen) atoms. The zero-order valence-corrected chi connectivity index (χ0v) is 28.1. The SMILES string of the molecule is CCCCCCCCCCCCCCC(CCCCCCCCCCCCCC)(C(=O)O)C(C(=O)O)S(=O)(=O)O.N.N. The first-order chi connectivity index (χ1) is 19.1.